The normalized spacial score (nSPS) is 12.7. The topological polar surface area (TPSA) is 81.4 Å². The fourth-order valence-electron chi connectivity index (χ4n) is 1.62. The molecule has 0 saturated heterocycles. The third kappa shape index (κ3) is 4.70. The predicted octanol–water partition coefficient (Wildman–Crippen LogP) is 2.89. The maximum atomic E-state index is 12.4. The number of halogens is 2. The van der Waals surface area contributed by atoms with Gasteiger partial charge < -0.3 is 10.5 Å². The second kappa shape index (κ2) is 6.74. The Kier molecular flexibility index (Phi) is 6.03. The molecule has 0 radical (unpaired) electrons. The minimum Gasteiger partial charge on any atom is -0.399 e. The van der Waals surface area contributed by atoms with Gasteiger partial charge >= 0.3 is 0 Å². The van der Waals surface area contributed by atoms with E-state index >= 15 is 0 Å². The molecule has 0 saturated carbocycles. The average Bonchev–Trinajstić information content (AvgIpc) is 2.24. The van der Waals surface area contributed by atoms with E-state index in [4.69, 9.17) is 10.5 Å². The van der Waals surface area contributed by atoms with Crippen LogP contribution in [0.4, 0.5) is 5.69 Å². The number of benzene rings is 1. The van der Waals surface area contributed by atoms with E-state index in [1.165, 1.54) is 0 Å². The number of nitrogens with one attached hydrogen (secondary N) is 1. The molecule has 0 bridgehead atoms. The van der Waals surface area contributed by atoms with Crippen molar-refractivity contribution in [2.75, 3.05) is 18.9 Å². The van der Waals surface area contributed by atoms with Crippen LogP contribution in [0.2, 0.25) is 0 Å². The molecule has 0 unspecified atom stereocenters. The van der Waals surface area contributed by atoms with Gasteiger partial charge in [0.2, 0.25) is 10.0 Å². The number of nitrogens with two attached hydrogens (primary N) is 1. The fraction of sp³-hybridized carbons (Fsp3) is 0.500. The average molecular weight is 430 g/mol. The molecule has 0 aliphatic heterocycles. The second-order valence-electron chi connectivity index (χ2n) is 4.83. The van der Waals surface area contributed by atoms with Crippen molar-refractivity contribution in [3.8, 4) is 0 Å². The van der Waals surface area contributed by atoms with E-state index in [2.05, 4.69) is 36.6 Å². The maximum Gasteiger partial charge on any atom is 0.242 e. The molecule has 0 heterocycles. The van der Waals surface area contributed by atoms with Gasteiger partial charge in [0, 0.05) is 27.8 Å². The zero-order chi connectivity index (χ0) is 15.6. The van der Waals surface area contributed by atoms with Crippen LogP contribution in [0, 0.1) is 0 Å². The van der Waals surface area contributed by atoms with Gasteiger partial charge in [0.15, 0.2) is 0 Å². The van der Waals surface area contributed by atoms with Crippen molar-refractivity contribution in [3.63, 3.8) is 0 Å². The highest BCUT2D eigenvalue weighted by molar-refractivity contribution is 9.11. The largest absolute Gasteiger partial charge is 0.399 e. The summed E-state index contributed by atoms with van der Waals surface area (Å²) < 4.78 is 33.6. The monoisotopic (exact) mass is 428 g/mol. The Balaban J connectivity index is 3.01. The highest BCUT2D eigenvalue weighted by Crippen LogP contribution is 2.32. The van der Waals surface area contributed by atoms with E-state index in [0.717, 1.165) is 0 Å². The third-order valence-corrected chi connectivity index (χ3v) is 5.79. The van der Waals surface area contributed by atoms with Crippen molar-refractivity contribution >= 4 is 47.6 Å². The molecule has 20 heavy (non-hydrogen) atoms. The Hall–Kier alpha value is -0.150. The number of ether oxygens (including phenoxy) is 1. The molecule has 5 nitrogen and oxygen atoms in total. The van der Waals surface area contributed by atoms with Crippen LogP contribution >= 0.6 is 31.9 Å². The van der Waals surface area contributed by atoms with E-state index in [-0.39, 0.29) is 11.4 Å². The lowest BCUT2D eigenvalue weighted by atomic mass is 10.1. The summed E-state index contributed by atoms with van der Waals surface area (Å²) in [5.41, 5.74) is 5.55. The number of nitrogen functional groups attached to an aromatic ring is 1. The quantitative estimate of drug-likeness (QED) is 0.681. The van der Waals surface area contributed by atoms with Crippen LogP contribution in [0.1, 0.15) is 20.8 Å². The van der Waals surface area contributed by atoms with Crippen molar-refractivity contribution in [3.05, 3.63) is 21.1 Å². The summed E-state index contributed by atoms with van der Waals surface area (Å²) >= 11 is 6.45. The lowest BCUT2D eigenvalue weighted by Crippen LogP contribution is -2.40. The van der Waals surface area contributed by atoms with Crippen molar-refractivity contribution in [1.82, 2.24) is 4.72 Å². The molecule has 0 aliphatic carbocycles. The zero-order valence-electron chi connectivity index (χ0n) is 11.5. The fourth-order valence-corrected chi connectivity index (χ4v) is 5.43. The Morgan fingerprint density at radius 2 is 1.80 bits per heavy atom. The standard InChI is InChI=1S/C12H18Br2N2O3S/c1-4-19-12(2,3)7-16-20(17,18)11-9(13)5-8(15)6-10(11)14/h5-6,16H,4,7,15H2,1-3H3. The lowest BCUT2D eigenvalue weighted by Gasteiger charge is -2.25. The van der Waals surface area contributed by atoms with Gasteiger partial charge in [-0.3, -0.25) is 0 Å². The molecule has 1 aromatic carbocycles. The Morgan fingerprint density at radius 3 is 2.25 bits per heavy atom. The molecule has 0 amide bonds. The van der Waals surface area contributed by atoms with E-state index in [9.17, 15) is 8.42 Å². The summed E-state index contributed by atoms with van der Waals surface area (Å²) in [5.74, 6) is 0. The van der Waals surface area contributed by atoms with E-state index < -0.39 is 15.6 Å². The van der Waals surface area contributed by atoms with Gasteiger partial charge in [0.25, 0.3) is 0 Å². The van der Waals surface area contributed by atoms with Crippen LogP contribution in [-0.4, -0.2) is 27.2 Å². The molecule has 3 N–H and O–H groups in total. The highest BCUT2D eigenvalue weighted by Gasteiger charge is 2.26. The minimum absolute atomic E-state index is 0.124. The Bertz CT molecular complexity index is 565. The molecular formula is C12H18Br2N2O3S. The summed E-state index contributed by atoms with van der Waals surface area (Å²) in [7, 11) is -3.67. The van der Waals surface area contributed by atoms with Crippen molar-refractivity contribution < 1.29 is 13.2 Å². The van der Waals surface area contributed by atoms with Crippen LogP contribution in [0.15, 0.2) is 26.0 Å². The first-order valence-electron chi connectivity index (χ1n) is 5.97. The first-order valence-corrected chi connectivity index (χ1v) is 9.04. The number of anilines is 1. The van der Waals surface area contributed by atoms with Crippen LogP contribution in [-0.2, 0) is 14.8 Å². The van der Waals surface area contributed by atoms with E-state index in [1.807, 2.05) is 20.8 Å². The summed E-state index contributed by atoms with van der Waals surface area (Å²) in [4.78, 5) is 0.124. The van der Waals surface area contributed by atoms with Crippen LogP contribution < -0.4 is 10.5 Å². The smallest absolute Gasteiger partial charge is 0.242 e. The van der Waals surface area contributed by atoms with Crippen LogP contribution in [0.25, 0.3) is 0 Å². The molecule has 0 spiro atoms. The van der Waals surface area contributed by atoms with Crippen LogP contribution in [0.5, 0.6) is 0 Å². The first-order chi connectivity index (χ1) is 9.09. The summed E-state index contributed by atoms with van der Waals surface area (Å²) in [5, 5.41) is 0. The van der Waals surface area contributed by atoms with E-state index in [0.29, 0.717) is 21.2 Å². The molecule has 8 heteroatoms. The second-order valence-corrected chi connectivity index (χ2v) is 8.24. The molecular weight excluding hydrogens is 412 g/mol. The summed E-state index contributed by atoms with van der Waals surface area (Å²) in [6, 6.07) is 3.10. The predicted molar refractivity (Wildman–Crippen MR) is 87.1 cm³/mol. The Labute approximate surface area is 136 Å². The number of rotatable bonds is 6. The van der Waals surface area contributed by atoms with Gasteiger partial charge in [-0.25, -0.2) is 13.1 Å². The minimum atomic E-state index is -3.67. The van der Waals surface area contributed by atoms with Crippen LogP contribution in [0.3, 0.4) is 0 Å². The highest BCUT2D eigenvalue weighted by atomic mass is 79.9. The SMILES string of the molecule is CCOC(C)(C)CNS(=O)(=O)c1c(Br)cc(N)cc1Br. The summed E-state index contributed by atoms with van der Waals surface area (Å²) in [6.45, 7) is 6.21. The van der Waals surface area contributed by atoms with Gasteiger partial charge in [0.05, 0.1) is 5.60 Å². The third-order valence-electron chi connectivity index (χ3n) is 2.51. The van der Waals surface area contributed by atoms with Gasteiger partial charge in [-0.05, 0) is 64.8 Å². The molecule has 0 atom stereocenters. The summed E-state index contributed by atoms with van der Waals surface area (Å²) in [6.07, 6.45) is 0. The number of sulfonamides is 1. The lowest BCUT2D eigenvalue weighted by molar-refractivity contribution is -0.00515. The molecule has 0 fully saturated rings. The zero-order valence-corrected chi connectivity index (χ0v) is 15.5. The van der Waals surface area contributed by atoms with Gasteiger partial charge in [-0.1, -0.05) is 0 Å². The van der Waals surface area contributed by atoms with Crippen molar-refractivity contribution in [1.29, 1.82) is 0 Å². The molecule has 1 aromatic rings. The molecule has 114 valence electrons. The van der Waals surface area contributed by atoms with E-state index in [1.54, 1.807) is 12.1 Å². The Morgan fingerprint density at radius 1 is 1.30 bits per heavy atom. The number of hydrogen-bond donors (Lipinski definition) is 2. The molecule has 0 aromatic heterocycles. The van der Waals surface area contributed by atoms with Gasteiger partial charge in [-0.15, -0.1) is 0 Å². The number of hydrogen-bond acceptors (Lipinski definition) is 4. The molecule has 0 aliphatic rings. The maximum absolute atomic E-state index is 12.4. The van der Waals surface area contributed by atoms with Crippen molar-refractivity contribution in [2.45, 2.75) is 31.3 Å². The van der Waals surface area contributed by atoms with Gasteiger partial charge in [-0.2, -0.15) is 0 Å². The van der Waals surface area contributed by atoms with Crippen molar-refractivity contribution in [2.24, 2.45) is 0 Å². The molecule has 1 rings (SSSR count). The van der Waals surface area contributed by atoms with Gasteiger partial charge in [0.1, 0.15) is 4.90 Å². The first kappa shape index (κ1) is 17.9.